The van der Waals surface area contributed by atoms with Gasteiger partial charge in [0.25, 0.3) is 0 Å². The quantitative estimate of drug-likeness (QED) is 0.282. The SMILES string of the molecule is COc1nc(-c2nc3n(n2)CCN(Cc2ccccc2)[C@H]3c2ccc(C(F)(F)F)cc2)ccc1N(/C=C(/C)N)C1=CC1. The van der Waals surface area contributed by atoms with Gasteiger partial charge in [0.05, 0.1) is 25.3 Å². The second-order valence-corrected chi connectivity index (χ2v) is 10.4. The minimum absolute atomic E-state index is 0.399. The average molecular weight is 574 g/mol. The Morgan fingerprint density at radius 2 is 1.79 bits per heavy atom. The summed E-state index contributed by atoms with van der Waals surface area (Å²) in [7, 11) is 1.56. The van der Waals surface area contributed by atoms with E-state index in [0.717, 1.165) is 35.5 Å². The number of rotatable bonds is 8. The van der Waals surface area contributed by atoms with E-state index in [0.29, 0.717) is 54.1 Å². The van der Waals surface area contributed by atoms with Gasteiger partial charge in [-0.2, -0.15) is 13.2 Å². The van der Waals surface area contributed by atoms with E-state index in [-0.39, 0.29) is 0 Å². The van der Waals surface area contributed by atoms with Gasteiger partial charge in [0.1, 0.15) is 17.2 Å². The van der Waals surface area contributed by atoms with Gasteiger partial charge in [-0.25, -0.2) is 14.6 Å². The maximum absolute atomic E-state index is 13.3. The summed E-state index contributed by atoms with van der Waals surface area (Å²) in [6, 6.07) is 18.6. The highest BCUT2D eigenvalue weighted by atomic mass is 19.4. The molecule has 4 aromatic rings. The van der Waals surface area contributed by atoms with Gasteiger partial charge in [-0.3, -0.25) is 4.90 Å². The maximum atomic E-state index is 13.3. The molecule has 1 aliphatic heterocycles. The third-order valence-corrected chi connectivity index (χ3v) is 7.24. The topological polar surface area (TPSA) is 85.3 Å². The summed E-state index contributed by atoms with van der Waals surface area (Å²) in [5.41, 5.74) is 10.1. The molecule has 0 radical (unpaired) electrons. The molecule has 3 heterocycles. The number of hydrogen-bond donors (Lipinski definition) is 1. The van der Waals surface area contributed by atoms with Gasteiger partial charge in [-0.1, -0.05) is 48.5 Å². The number of pyridine rings is 1. The number of anilines is 1. The van der Waals surface area contributed by atoms with Gasteiger partial charge in [0.2, 0.25) is 5.88 Å². The Labute approximate surface area is 241 Å². The lowest BCUT2D eigenvalue weighted by molar-refractivity contribution is -0.137. The van der Waals surface area contributed by atoms with E-state index >= 15 is 0 Å². The Hall–Kier alpha value is -4.64. The third kappa shape index (κ3) is 5.60. The fraction of sp³-hybridized carbons (Fsp3) is 0.258. The summed E-state index contributed by atoms with van der Waals surface area (Å²) in [6.07, 6.45) is 0.361. The van der Waals surface area contributed by atoms with Gasteiger partial charge >= 0.3 is 6.18 Å². The Kier molecular flexibility index (Phi) is 7.19. The van der Waals surface area contributed by atoms with Crippen molar-refractivity contribution in [3.8, 4) is 17.4 Å². The summed E-state index contributed by atoms with van der Waals surface area (Å²) < 4.78 is 47.5. The summed E-state index contributed by atoms with van der Waals surface area (Å²) in [5, 5.41) is 4.76. The minimum atomic E-state index is -4.41. The standard InChI is InChI=1S/C31H30F3N7O/c1-20(35)18-40(24-12-13-24)26-15-14-25(36-30(26)42-2)28-37-29-27(22-8-10-23(11-9-22)31(32,33)34)39(16-17-41(29)38-28)19-21-6-4-3-5-7-21/h3-12,14-15,18,27H,13,16-17,19,35H2,1-2H3/b20-18-/t27-/m0/s1. The van der Waals surface area contributed by atoms with Crippen LogP contribution in [0.5, 0.6) is 5.88 Å². The Morgan fingerprint density at radius 1 is 1.05 bits per heavy atom. The molecule has 0 saturated carbocycles. The summed E-state index contributed by atoms with van der Waals surface area (Å²) in [6.45, 7) is 3.64. The zero-order valence-corrected chi connectivity index (χ0v) is 23.2. The fourth-order valence-electron chi connectivity index (χ4n) is 5.19. The lowest BCUT2D eigenvalue weighted by atomic mass is 10.00. The number of alkyl halides is 3. The van der Waals surface area contributed by atoms with Gasteiger partial charge in [0, 0.05) is 37.1 Å². The maximum Gasteiger partial charge on any atom is 0.416 e. The molecule has 0 spiro atoms. The molecular formula is C31H30F3N7O. The molecule has 2 aromatic carbocycles. The molecule has 0 saturated heterocycles. The molecule has 2 aliphatic rings. The van der Waals surface area contributed by atoms with Crippen LogP contribution in [0.4, 0.5) is 18.9 Å². The predicted molar refractivity (Wildman–Crippen MR) is 153 cm³/mol. The van der Waals surface area contributed by atoms with Crippen molar-refractivity contribution >= 4 is 5.69 Å². The van der Waals surface area contributed by atoms with E-state index in [4.69, 9.17) is 25.5 Å². The van der Waals surface area contributed by atoms with Crippen LogP contribution in [0, 0.1) is 0 Å². The molecule has 1 aliphatic carbocycles. The fourth-order valence-corrected chi connectivity index (χ4v) is 5.19. The zero-order chi connectivity index (χ0) is 29.4. The van der Waals surface area contributed by atoms with Crippen molar-refractivity contribution in [1.29, 1.82) is 0 Å². The van der Waals surface area contributed by atoms with Crippen LogP contribution in [0.15, 0.2) is 90.4 Å². The van der Waals surface area contributed by atoms with Crippen LogP contribution < -0.4 is 15.4 Å². The van der Waals surface area contributed by atoms with Crippen LogP contribution in [0.2, 0.25) is 0 Å². The second kappa shape index (κ2) is 11.0. The molecule has 11 heteroatoms. The Morgan fingerprint density at radius 3 is 2.43 bits per heavy atom. The van der Waals surface area contributed by atoms with E-state index in [1.807, 2.05) is 65.2 Å². The van der Waals surface area contributed by atoms with Crippen molar-refractivity contribution in [2.24, 2.45) is 5.73 Å². The third-order valence-electron chi connectivity index (χ3n) is 7.24. The number of methoxy groups -OCH3 is 1. The highest BCUT2D eigenvalue weighted by molar-refractivity contribution is 5.67. The van der Waals surface area contributed by atoms with Crippen LogP contribution in [0.25, 0.3) is 11.5 Å². The van der Waals surface area contributed by atoms with E-state index in [1.165, 1.54) is 12.1 Å². The van der Waals surface area contributed by atoms with Crippen molar-refractivity contribution in [3.63, 3.8) is 0 Å². The largest absolute Gasteiger partial charge is 0.479 e. The lowest BCUT2D eigenvalue weighted by Crippen LogP contribution is -2.39. The van der Waals surface area contributed by atoms with E-state index in [1.54, 1.807) is 7.11 Å². The molecule has 2 aromatic heterocycles. The number of hydrogen-bond acceptors (Lipinski definition) is 7. The molecule has 42 heavy (non-hydrogen) atoms. The first kappa shape index (κ1) is 27.5. The normalized spacial score (nSPS) is 17.0. The molecule has 6 rings (SSSR count). The first-order valence-corrected chi connectivity index (χ1v) is 13.6. The highest BCUT2D eigenvalue weighted by Gasteiger charge is 2.35. The van der Waals surface area contributed by atoms with Gasteiger partial charge in [-0.15, -0.1) is 5.10 Å². The summed E-state index contributed by atoms with van der Waals surface area (Å²) >= 11 is 0. The number of fused-ring (bicyclic) bond motifs is 1. The van der Waals surface area contributed by atoms with E-state index in [2.05, 4.69) is 11.0 Å². The van der Waals surface area contributed by atoms with Crippen molar-refractivity contribution < 1.29 is 17.9 Å². The smallest absolute Gasteiger partial charge is 0.416 e. The van der Waals surface area contributed by atoms with Crippen molar-refractivity contribution in [3.05, 3.63) is 113 Å². The minimum Gasteiger partial charge on any atom is -0.479 e. The van der Waals surface area contributed by atoms with Crippen LogP contribution in [-0.2, 0) is 19.3 Å². The van der Waals surface area contributed by atoms with Crippen LogP contribution >= 0.6 is 0 Å². The second-order valence-electron chi connectivity index (χ2n) is 10.4. The molecular weight excluding hydrogens is 543 g/mol. The molecule has 8 nitrogen and oxygen atoms in total. The summed E-state index contributed by atoms with van der Waals surface area (Å²) in [5.74, 6) is 1.45. The number of halogens is 3. The molecule has 216 valence electrons. The first-order chi connectivity index (χ1) is 20.2. The van der Waals surface area contributed by atoms with Crippen molar-refractivity contribution in [2.75, 3.05) is 18.6 Å². The van der Waals surface area contributed by atoms with Crippen LogP contribution in [-0.4, -0.2) is 38.3 Å². The van der Waals surface area contributed by atoms with Crippen molar-refractivity contribution in [1.82, 2.24) is 24.6 Å². The monoisotopic (exact) mass is 573 g/mol. The number of ether oxygens (including phenoxy) is 1. The lowest BCUT2D eigenvalue weighted by Gasteiger charge is -2.35. The molecule has 0 amide bonds. The molecule has 0 unspecified atom stereocenters. The van der Waals surface area contributed by atoms with Gasteiger partial charge in [0.15, 0.2) is 5.82 Å². The van der Waals surface area contributed by atoms with Crippen LogP contribution in [0.1, 0.15) is 41.9 Å². The van der Waals surface area contributed by atoms with Crippen LogP contribution in [0.3, 0.4) is 0 Å². The highest BCUT2D eigenvalue weighted by Crippen LogP contribution is 2.38. The van der Waals surface area contributed by atoms with Gasteiger partial charge < -0.3 is 15.4 Å². The molecule has 0 bridgehead atoms. The molecule has 2 N–H and O–H groups in total. The van der Waals surface area contributed by atoms with Crippen molar-refractivity contribution in [2.45, 2.75) is 38.7 Å². The van der Waals surface area contributed by atoms with E-state index in [9.17, 15) is 13.2 Å². The Bertz CT molecular complexity index is 1640. The zero-order valence-electron chi connectivity index (χ0n) is 23.2. The van der Waals surface area contributed by atoms with E-state index < -0.39 is 17.8 Å². The number of nitrogens with two attached hydrogens (primary N) is 1. The average Bonchev–Trinajstić information content (AvgIpc) is 3.73. The van der Waals surface area contributed by atoms with Gasteiger partial charge in [-0.05, 0) is 42.3 Å². The number of nitrogens with zero attached hydrogens (tertiary/aromatic N) is 6. The predicted octanol–water partition coefficient (Wildman–Crippen LogP) is 5.89. The number of aromatic nitrogens is 4. The first-order valence-electron chi connectivity index (χ1n) is 13.6. The number of allylic oxidation sites excluding steroid dienone is 3. The number of benzene rings is 2. The summed E-state index contributed by atoms with van der Waals surface area (Å²) in [4.78, 5) is 13.8. The Balaban J connectivity index is 1.38. The molecule has 0 fully saturated rings. The molecule has 1 atom stereocenters.